The minimum absolute atomic E-state index is 0.0127. The molecule has 0 spiro atoms. The van der Waals surface area contributed by atoms with E-state index in [1.807, 2.05) is 0 Å². The van der Waals surface area contributed by atoms with Crippen molar-refractivity contribution in [3.63, 3.8) is 0 Å². The summed E-state index contributed by atoms with van der Waals surface area (Å²) in [4.78, 5) is 2.42. The highest BCUT2D eigenvalue weighted by Crippen LogP contribution is 2.43. The molecule has 0 amide bonds. The van der Waals surface area contributed by atoms with Gasteiger partial charge in [-0.15, -0.1) is 0 Å². The van der Waals surface area contributed by atoms with Crippen molar-refractivity contribution in [1.29, 1.82) is 0 Å². The number of hydrogen-bond donors (Lipinski definition) is 11. The van der Waals surface area contributed by atoms with Gasteiger partial charge in [0.15, 0.2) is 0 Å². The van der Waals surface area contributed by atoms with Crippen molar-refractivity contribution < 1.29 is 15.3 Å². The van der Waals surface area contributed by atoms with Crippen molar-refractivity contribution >= 4 is 0 Å². The Bertz CT molecular complexity index is 1660. The summed E-state index contributed by atoms with van der Waals surface area (Å²) in [5.41, 5.74) is 48.3. The summed E-state index contributed by atoms with van der Waals surface area (Å²) in [6, 6.07) is 2.38. The van der Waals surface area contributed by atoms with Crippen LogP contribution in [0.1, 0.15) is 293 Å². The van der Waals surface area contributed by atoms with Gasteiger partial charge in [-0.2, -0.15) is 0 Å². The Morgan fingerprint density at radius 1 is 0.302 bits per heavy atom. The average Bonchev–Trinajstić information content (AvgIpc) is 4.08. The first-order valence-electron chi connectivity index (χ1n) is 36.3. The maximum Gasteiger partial charge on any atom is 0.0746 e. The first kappa shape index (κ1) is 81.6. The molecule has 86 heavy (non-hydrogen) atoms. The van der Waals surface area contributed by atoms with Crippen LogP contribution in [0.5, 0.6) is 0 Å². The van der Waals surface area contributed by atoms with Crippen LogP contribution in [-0.2, 0) is 0 Å². The summed E-state index contributed by atoms with van der Waals surface area (Å²) < 4.78 is 0. The molecule has 0 bridgehead atoms. The smallest absolute Gasteiger partial charge is 0.0746 e. The fourth-order valence-corrected chi connectivity index (χ4v) is 16.1. The molecule has 0 aromatic carbocycles. The van der Waals surface area contributed by atoms with Crippen molar-refractivity contribution in [3.05, 3.63) is 0 Å². The molecule has 9 rings (SSSR count). The summed E-state index contributed by atoms with van der Waals surface area (Å²) in [6.07, 6.45) is 29.3. The molecule has 1 saturated heterocycles. The maximum absolute atomic E-state index is 10.1. The van der Waals surface area contributed by atoms with Crippen LogP contribution in [0.15, 0.2) is 0 Å². The van der Waals surface area contributed by atoms with E-state index in [4.69, 9.17) is 45.9 Å². The molecule has 1 aliphatic heterocycles. The summed E-state index contributed by atoms with van der Waals surface area (Å²) in [7, 11) is 0. The minimum Gasteiger partial charge on any atom is -0.391 e. The van der Waals surface area contributed by atoms with Crippen molar-refractivity contribution in [2.45, 2.75) is 365 Å². The molecular weight excluding hydrogens is 1060 g/mol. The van der Waals surface area contributed by atoms with Crippen LogP contribution in [0.2, 0.25) is 0 Å². The topological polar surface area (TPSA) is 272 Å². The summed E-state index contributed by atoms with van der Waals surface area (Å²) in [6.45, 7) is 47.2. The molecule has 0 aromatic heterocycles. The van der Waals surface area contributed by atoms with Crippen molar-refractivity contribution in [1.82, 2.24) is 4.90 Å². The van der Waals surface area contributed by atoms with E-state index in [9.17, 15) is 15.3 Å². The van der Waals surface area contributed by atoms with Gasteiger partial charge >= 0.3 is 0 Å². The fraction of sp³-hybridized carbons (Fsp3) is 1.00. The van der Waals surface area contributed by atoms with Crippen LogP contribution in [-0.4, -0.2) is 105 Å². The first-order chi connectivity index (χ1) is 39.5. The minimum atomic E-state index is -0.293. The lowest BCUT2D eigenvalue weighted by atomic mass is 9.67. The molecule has 0 radical (unpaired) electrons. The lowest BCUT2D eigenvalue weighted by Crippen LogP contribution is -2.61. The van der Waals surface area contributed by atoms with Crippen LogP contribution in [0.3, 0.4) is 0 Å². The quantitative estimate of drug-likeness (QED) is 0.117. The third-order valence-electron chi connectivity index (χ3n) is 22.2. The second-order valence-electron chi connectivity index (χ2n) is 36.0. The number of hydrogen-bond acceptors (Lipinski definition) is 12. The number of nitrogens with two attached hydrogens (primary N) is 8. The van der Waals surface area contributed by atoms with Gasteiger partial charge in [-0.3, -0.25) is 4.90 Å². The van der Waals surface area contributed by atoms with Crippen molar-refractivity contribution in [2.24, 2.45) is 139 Å². The van der Waals surface area contributed by atoms with Gasteiger partial charge < -0.3 is 61.2 Å². The van der Waals surface area contributed by atoms with E-state index >= 15 is 0 Å². The number of nitrogens with zero attached hydrogens (tertiary/aromatic N) is 1. The zero-order valence-electron chi connectivity index (χ0n) is 60.6. The van der Waals surface area contributed by atoms with Crippen molar-refractivity contribution in [2.75, 3.05) is 13.1 Å². The third kappa shape index (κ3) is 32.4. The maximum atomic E-state index is 10.1. The summed E-state index contributed by atoms with van der Waals surface area (Å²) in [5, 5.41) is 29.2. The molecule has 1 heterocycles. The van der Waals surface area contributed by atoms with E-state index in [0.29, 0.717) is 76.0 Å². The highest BCUT2D eigenvalue weighted by atomic mass is 16.3. The first-order valence-corrected chi connectivity index (χ1v) is 36.3. The summed E-state index contributed by atoms with van der Waals surface area (Å²) in [5.74, 6) is 9.25. The molecule has 19 N–H and O–H groups in total. The second-order valence-corrected chi connectivity index (χ2v) is 36.0. The van der Waals surface area contributed by atoms with Gasteiger partial charge in [0.05, 0.1) is 18.3 Å². The van der Waals surface area contributed by atoms with Gasteiger partial charge in [-0.05, 0) is 230 Å². The summed E-state index contributed by atoms with van der Waals surface area (Å²) >= 11 is 0. The SMILES string of the molecule is CC(C)(C)C1CCC[C@H](N)C1.CC(C)(C)N1C[C@@H](N)[C@H](O)[C@@H](C2CC2)C1.C[C@@H]1CC(N)C[C@H](C)C1.C[C@@H]1CCC[C@H](N)C1.C[C@H]1CC(C(C)(C)C)C[C@@H](N)C1.C[C@H]1CC(C(C)(C)C)C[C@@H](N)[C@@H]1O.C[C@H]1CCC[C@H](N)C1.C[C@H]1C[C@@H](N)[C@H](O)[C@@H](C)C1. The fourth-order valence-electron chi connectivity index (χ4n) is 16.1. The monoisotopic (exact) mass is 1220 g/mol. The Kier molecular flexibility index (Phi) is 36.1. The normalized spacial score (nSPS) is 40.7. The van der Waals surface area contributed by atoms with Crippen LogP contribution < -0.4 is 45.9 Å². The van der Waals surface area contributed by atoms with Crippen LogP contribution >= 0.6 is 0 Å². The number of rotatable bonds is 1. The van der Waals surface area contributed by atoms with Gasteiger partial charge in [0.1, 0.15) is 0 Å². The zero-order valence-corrected chi connectivity index (χ0v) is 60.6. The van der Waals surface area contributed by atoms with E-state index in [2.05, 4.69) is 143 Å². The second kappa shape index (κ2) is 38.0. The van der Waals surface area contributed by atoms with Gasteiger partial charge in [0.2, 0.25) is 0 Å². The van der Waals surface area contributed by atoms with E-state index in [0.717, 1.165) is 86.1 Å². The van der Waals surface area contributed by atoms with Crippen molar-refractivity contribution in [3.8, 4) is 0 Å². The number of aliphatic hydroxyl groups is 3. The molecule has 12 heteroatoms. The van der Waals surface area contributed by atoms with E-state index in [1.54, 1.807) is 0 Å². The number of piperidine rings is 1. The van der Waals surface area contributed by atoms with E-state index in [-0.39, 0.29) is 42.0 Å². The zero-order chi connectivity index (χ0) is 65.8. The largest absolute Gasteiger partial charge is 0.391 e. The Hall–Kier alpha value is -0.480. The Morgan fingerprint density at radius 3 is 1.00 bits per heavy atom. The molecule has 12 nitrogen and oxygen atoms in total. The Balaban J connectivity index is 0.000000338. The van der Waals surface area contributed by atoms with Crippen LogP contribution in [0.25, 0.3) is 0 Å². The molecule has 23 atom stereocenters. The highest BCUT2D eigenvalue weighted by Gasteiger charge is 2.45. The van der Waals surface area contributed by atoms with E-state index < -0.39 is 0 Å². The molecule has 9 fully saturated rings. The predicted octanol–water partition coefficient (Wildman–Crippen LogP) is 13.5. The molecule has 9 aliphatic rings. The molecular formula is C74H155N9O3. The van der Waals surface area contributed by atoms with Gasteiger partial charge in [0.25, 0.3) is 0 Å². The Labute approximate surface area is 534 Å². The molecule has 8 aliphatic carbocycles. The number of aliphatic hydroxyl groups excluding tert-OH is 3. The molecule has 0 aromatic rings. The molecule has 514 valence electrons. The van der Waals surface area contributed by atoms with Crippen LogP contribution in [0, 0.1) is 93.2 Å². The van der Waals surface area contributed by atoms with Gasteiger partial charge in [-0.1, -0.05) is 150 Å². The molecule has 4 unspecified atom stereocenters. The van der Waals surface area contributed by atoms with Gasteiger partial charge in [-0.25, -0.2) is 0 Å². The van der Waals surface area contributed by atoms with Crippen LogP contribution in [0.4, 0.5) is 0 Å². The highest BCUT2D eigenvalue weighted by molar-refractivity contribution is 4.99. The van der Waals surface area contributed by atoms with E-state index in [1.165, 1.54) is 128 Å². The molecule has 8 saturated carbocycles. The lowest BCUT2D eigenvalue weighted by molar-refractivity contribution is -0.0303. The predicted molar refractivity (Wildman–Crippen MR) is 373 cm³/mol. The van der Waals surface area contributed by atoms with Gasteiger partial charge in [0, 0.05) is 72.9 Å². The standard InChI is InChI=1S/C12H24N2O.C11H23NO.C11H23N.C10H21N.C8H17NO.C8H17N.2C7H15N/c1-12(2,3)14-6-9(8-4-5-8)11(15)10(13)7-14;1-7-5-8(11(2,3)4)6-9(12)10(7)13;1-8-5-9(11(2,3)4)7-10(12)6-8;1-10(2,3)8-5-4-6-9(11)7-8;1-5-3-6(2)8(10)7(9)4-5;1-6-3-7(2)5-8(9)4-6;2*1-6-3-2-4-7(8)5-6/h8-11,15H,4-7,13H2,1-3H3;7-10,13H,5-6,12H2,1-4H3;8-10H,5-7,12H2,1-4H3;8-9H,4-7,11H2,1-3H3;5-8,10H,3-4,9H2,1-2H3;6-8H,3-5,9H2,1-2H3;2*6-7H,2-5,8H2,1H3/t9-,10-,11-;7-,8?,9+,10+;8-,9?,10-;8?,9-;5-,6+,7-,8-;6-,7+,8?;6-,7+;6-,7-/m10001.10/s1. The average molecular weight is 1220 g/mol. The Morgan fingerprint density at radius 2 is 0.663 bits per heavy atom. The lowest BCUT2D eigenvalue weighted by Gasteiger charge is -2.46. The third-order valence-corrected chi connectivity index (χ3v) is 22.2. The number of likely N-dealkylation sites (tertiary alicyclic amines) is 1.